The number of carbonyl (C=O) groups excluding carboxylic acids is 1. The molecule has 1 aromatic carbocycles. The lowest BCUT2D eigenvalue weighted by Crippen LogP contribution is -2.24. The van der Waals surface area contributed by atoms with Crippen molar-refractivity contribution in [2.45, 2.75) is 19.8 Å². The molecule has 0 saturated heterocycles. The highest BCUT2D eigenvalue weighted by atomic mass is 16.5. The third-order valence-corrected chi connectivity index (χ3v) is 4.32. The van der Waals surface area contributed by atoms with Crippen molar-refractivity contribution < 1.29 is 19.0 Å². The summed E-state index contributed by atoms with van der Waals surface area (Å²) in [7, 11) is 1.57. The van der Waals surface area contributed by atoms with Crippen LogP contribution >= 0.6 is 0 Å². The molecule has 0 N–H and O–H groups in total. The minimum absolute atomic E-state index is 0.233. The van der Waals surface area contributed by atoms with Crippen molar-refractivity contribution in [3.8, 4) is 11.8 Å². The first kappa shape index (κ1) is 18.3. The predicted octanol–water partition coefficient (Wildman–Crippen LogP) is 3.84. The molecular formula is C21H20N2O4. The van der Waals surface area contributed by atoms with Gasteiger partial charge in [-0.15, -0.1) is 0 Å². The van der Waals surface area contributed by atoms with Crippen LogP contribution in [0.25, 0.3) is 5.88 Å². The Hall–Kier alpha value is -3.46. The first-order chi connectivity index (χ1) is 13.1. The summed E-state index contributed by atoms with van der Waals surface area (Å²) in [4.78, 5) is 12.7. The second-order valence-electron chi connectivity index (χ2n) is 5.92. The smallest absolute Gasteiger partial charge is 0.338 e. The first-order valence-electron chi connectivity index (χ1n) is 8.58. The molecule has 0 amide bonds. The van der Waals surface area contributed by atoms with Crippen molar-refractivity contribution in [1.29, 1.82) is 5.26 Å². The van der Waals surface area contributed by atoms with Crippen LogP contribution in [-0.2, 0) is 14.3 Å². The van der Waals surface area contributed by atoms with Gasteiger partial charge in [0.1, 0.15) is 23.2 Å². The summed E-state index contributed by atoms with van der Waals surface area (Å²) in [6.07, 6.45) is 3.58. The number of aromatic nitrogens is 1. The van der Waals surface area contributed by atoms with Crippen molar-refractivity contribution >= 4 is 11.9 Å². The Balaban J connectivity index is 2.22. The van der Waals surface area contributed by atoms with E-state index in [4.69, 9.17) is 14.2 Å². The average molecular weight is 364 g/mol. The van der Waals surface area contributed by atoms with E-state index in [1.54, 1.807) is 37.9 Å². The van der Waals surface area contributed by atoms with E-state index in [9.17, 15) is 10.1 Å². The van der Waals surface area contributed by atoms with Crippen LogP contribution in [0.2, 0.25) is 0 Å². The van der Waals surface area contributed by atoms with E-state index >= 15 is 0 Å². The quantitative estimate of drug-likeness (QED) is 0.754. The molecule has 1 aliphatic rings. The fourth-order valence-corrected chi connectivity index (χ4v) is 3.12. The van der Waals surface area contributed by atoms with Crippen molar-refractivity contribution in [3.05, 3.63) is 71.3 Å². The molecule has 3 rings (SSSR count). The number of hydrogen-bond acceptors (Lipinski definition) is 5. The highest BCUT2D eigenvalue weighted by molar-refractivity contribution is 5.93. The zero-order valence-electron chi connectivity index (χ0n) is 15.4. The highest BCUT2D eigenvalue weighted by Crippen LogP contribution is 2.42. The molecule has 0 spiro atoms. The van der Waals surface area contributed by atoms with Crippen LogP contribution in [0.4, 0.5) is 0 Å². The van der Waals surface area contributed by atoms with E-state index < -0.39 is 11.9 Å². The molecule has 27 heavy (non-hydrogen) atoms. The largest absolute Gasteiger partial charge is 0.497 e. The third-order valence-electron chi connectivity index (χ3n) is 4.32. The van der Waals surface area contributed by atoms with Gasteiger partial charge in [0.25, 0.3) is 0 Å². The van der Waals surface area contributed by atoms with Gasteiger partial charge in [-0.2, -0.15) is 5.26 Å². The summed E-state index contributed by atoms with van der Waals surface area (Å²) in [5, 5.41) is 9.93. The van der Waals surface area contributed by atoms with Crippen LogP contribution in [0.15, 0.2) is 65.7 Å². The van der Waals surface area contributed by atoms with Gasteiger partial charge in [0.15, 0.2) is 0 Å². The summed E-state index contributed by atoms with van der Waals surface area (Å²) in [6.45, 7) is 3.68. The molecule has 0 fully saturated rings. The molecule has 1 atom stereocenters. The van der Waals surface area contributed by atoms with E-state index in [-0.39, 0.29) is 6.61 Å². The van der Waals surface area contributed by atoms with Gasteiger partial charge in [-0.25, -0.2) is 4.79 Å². The Bertz CT molecular complexity index is 949. The maximum absolute atomic E-state index is 12.7. The molecule has 138 valence electrons. The molecule has 0 bridgehead atoms. The lowest BCUT2D eigenvalue weighted by molar-refractivity contribution is -0.139. The molecule has 0 aliphatic carbocycles. The predicted molar refractivity (Wildman–Crippen MR) is 99.4 cm³/mol. The van der Waals surface area contributed by atoms with Crippen molar-refractivity contribution in [1.82, 2.24) is 4.57 Å². The van der Waals surface area contributed by atoms with E-state index in [0.717, 1.165) is 5.56 Å². The fourth-order valence-electron chi connectivity index (χ4n) is 3.12. The second kappa shape index (κ2) is 7.83. The summed E-state index contributed by atoms with van der Waals surface area (Å²) in [5.41, 5.74) is 1.40. The molecule has 6 heteroatoms. The molecule has 6 nitrogen and oxygen atoms in total. The number of carbonyl (C=O) groups is 1. The Kier molecular flexibility index (Phi) is 5.32. The summed E-state index contributed by atoms with van der Waals surface area (Å²) in [6, 6.07) is 13.2. The van der Waals surface area contributed by atoms with Gasteiger partial charge >= 0.3 is 5.97 Å². The maximum atomic E-state index is 12.7. The first-order valence-corrected chi connectivity index (χ1v) is 8.58. The van der Waals surface area contributed by atoms with Crippen LogP contribution in [0.3, 0.4) is 0 Å². The second-order valence-corrected chi connectivity index (χ2v) is 5.92. The number of nitriles is 1. The normalized spacial score (nSPS) is 16.6. The zero-order chi connectivity index (χ0) is 19.4. The lowest BCUT2D eigenvalue weighted by atomic mass is 9.83. The van der Waals surface area contributed by atoms with Crippen molar-refractivity contribution in [2.75, 3.05) is 13.7 Å². The van der Waals surface area contributed by atoms with Gasteiger partial charge in [0, 0.05) is 12.4 Å². The number of ether oxygens (including phenoxy) is 3. The van der Waals surface area contributed by atoms with Crippen LogP contribution in [0.5, 0.6) is 5.75 Å². The molecule has 2 heterocycles. The van der Waals surface area contributed by atoms with E-state index in [1.807, 2.05) is 36.4 Å². The SMILES string of the molecule is CCOC(=O)C1=C(C)OC(n2cccc2)=C(C#N)[C@@H]1c1cccc(OC)c1. The minimum atomic E-state index is -0.615. The molecule has 2 aromatic rings. The Morgan fingerprint density at radius 2 is 2.04 bits per heavy atom. The van der Waals surface area contributed by atoms with Gasteiger partial charge in [0.2, 0.25) is 5.88 Å². The van der Waals surface area contributed by atoms with Crippen LogP contribution < -0.4 is 4.74 Å². The molecule has 0 radical (unpaired) electrons. The standard InChI is InChI=1S/C21H20N2O4/c1-4-26-21(24)18-14(2)27-20(23-10-5-6-11-23)17(13-22)19(18)15-8-7-9-16(12-15)25-3/h5-12,19H,4H2,1-3H3/t19-/m0/s1. The van der Waals surface area contributed by atoms with Gasteiger partial charge in [-0.1, -0.05) is 12.1 Å². The molecule has 0 saturated carbocycles. The third kappa shape index (κ3) is 3.44. The average Bonchev–Trinajstić information content (AvgIpc) is 3.21. The summed E-state index contributed by atoms with van der Waals surface area (Å²) >= 11 is 0. The Labute approximate surface area is 157 Å². The topological polar surface area (TPSA) is 73.5 Å². The number of benzene rings is 1. The Morgan fingerprint density at radius 1 is 1.30 bits per heavy atom. The molecular weight excluding hydrogens is 344 g/mol. The number of methoxy groups -OCH3 is 1. The summed E-state index contributed by atoms with van der Waals surface area (Å²) in [5.74, 6) is 0.307. The van der Waals surface area contributed by atoms with Gasteiger partial charge in [-0.05, 0) is 43.7 Å². The van der Waals surface area contributed by atoms with Crippen molar-refractivity contribution in [3.63, 3.8) is 0 Å². The fraction of sp³-hybridized carbons (Fsp3) is 0.238. The molecule has 1 aromatic heterocycles. The molecule has 1 aliphatic heterocycles. The number of nitrogens with zero attached hydrogens (tertiary/aromatic N) is 2. The number of allylic oxidation sites excluding steroid dienone is 2. The van der Waals surface area contributed by atoms with Crippen LogP contribution in [0, 0.1) is 11.3 Å². The van der Waals surface area contributed by atoms with Crippen LogP contribution in [-0.4, -0.2) is 24.3 Å². The summed E-state index contributed by atoms with van der Waals surface area (Å²) < 4.78 is 18.2. The van der Waals surface area contributed by atoms with Gasteiger partial charge in [0.05, 0.1) is 25.2 Å². The zero-order valence-corrected chi connectivity index (χ0v) is 15.4. The lowest BCUT2D eigenvalue weighted by Gasteiger charge is -2.28. The Morgan fingerprint density at radius 3 is 2.67 bits per heavy atom. The van der Waals surface area contributed by atoms with E-state index in [1.165, 1.54) is 0 Å². The maximum Gasteiger partial charge on any atom is 0.338 e. The van der Waals surface area contributed by atoms with Gasteiger partial charge < -0.3 is 14.2 Å². The highest BCUT2D eigenvalue weighted by Gasteiger charge is 2.37. The minimum Gasteiger partial charge on any atom is -0.497 e. The van der Waals surface area contributed by atoms with Crippen LogP contribution in [0.1, 0.15) is 25.3 Å². The number of hydrogen-bond donors (Lipinski definition) is 0. The monoisotopic (exact) mass is 364 g/mol. The number of rotatable bonds is 5. The van der Waals surface area contributed by atoms with E-state index in [2.05, 4.69) is 6.07 Å². The van der Waals surface area contributed by atoms with Gasteiger partial charge in [-0.3, -0.25) is 4.57 Å². The molecule has 0 unspecified atom stereocenters. The van der Waals surface area contributed by atoms with E-state index in [0.29, 0.717) is 28.5 Å². The van der Waals surface area contributed by atoms with Crippen molar-refractivity contribution in [2.24, 2.45) is 0 Å². The number of esters is 1.